The predicted octanol–water partition coefficient (Wildman–Crippen LogP) is 4.35. The fourth-order valence-corrected chi connectivity index (χ4v) is 2.93. The van der Waals surface area contributed by atoms with Gasteiger partial charge in [-0.2, -0.15) is 0 Å². The highest BCUT2D eigenvalue weighted by Gasteiger charge is 2.34. The second kappa shape index (κ2) is 5.60. The lowest BCUT2D eigenvalue weighted by molar-refractivity contribution is -0.137. The number of para-hydroxylation sites is 1. The van der Waals surface area contributed by atoms with Crippen LogP contribution in [-0.4, -0.2) is 11.1 Å². The maximum atomic E-state index is 11.9. The van der Waals surface area contributed by atoms with Crippen LogP contribution >= 0.6 is 0 Å². The summed E-state index contributed by atoms with van der Waals surface area (Å²) in [6.07, 6.45) is 3.01. The molecule has 0 fully saturated rings. The lowest BCUT2D eigenvalue weighted by Gasteiger charge is -2.27. The van der Waals surface area contributed by atoms with E-state index in [4.69, 9.17) is 4.74 Å². The zero-order valence-corrected chi connectivity index (χ0v) is 12.0. The maximum Gasteiger partial charge on any atom is 0.315 e. The largest absolute Gasteiger partial charge is 0.481 e. The minimum atomic E-state index is -0.823. The van der Waals surface area contributed by atoms with Gasteiger partial charge in [-0.1, -0.05) is 43.7 Å². The Balaban J connectivity index is 2.15. The molecule has 2 aromatic rings. The van der Waals surface area contributed by atoms with E-state index >= 15 is 0 Å². The second-order valence-electron chi connectivity index (χ2n) is 5.34. The molecule has 1 unspecified atom stereocenters. The molecule has 1 aliphatic heterocycles. The molecule has 1 atom stereocenters. The molecule has 1 heterocycles. The van der Waals surface area contributed by atoms with Crippen molar-refractivity contribution in [3.8, 4) is 11.5 Å². The molecule has 0 saturated carbocycles. The summed E-state index contributed by atoms with van der Waals surface area (Å²) in [4.78, 5) is 11.9. The van der Waals surface area contributed by atoms with Crippen molar-refractivity contribution in [3.63, 3.8) is 0 Å². The van der Waals surface area contributed by atoms with Crippen LogP contribution in [0.25, 0.3) is 0 Å². The molecule has 0 amide bonds. The van der Waals surface area contributed by atoms with E-state index in [0.717, 1.165) is 36.0 Å². The van der Waals surface area contributed by atoms with Crippen molar-refractivity contribution >= 4 is 5.97 Å². The van der Waals surface area contributed by atoms with Gasteiger partial charge in [-0.15, -0.1) is 0 Å². The Morgan fingerprint density at radius 1 is 1.14 bits per heavy atom. The van der Waals surface area contributed by atoms with E-state index in [1.54, 1.807) is 0 Å². The fraction of sp³-hybridized carbons (Fsp3) is 0.278. The van der Waals surface area contributed by atoms with Crippen LogP contribution in [0.2, 0.25) is 0 Å². The number of ether oxygens (including phenoxy) is 1. The molecule has 3 nitrogen and oxygen atoms in total. The lowest BCUT2D eigenvalue weighted by Crippen LogP contribution is -2.20. The molecule has 0 aliphatic carbocycles. The summed E-state index contributed by atoms with van der Waals surface area (Å²) < 4.78 is 5.92. The number of aryl methyl sites for hydroxylation is 1. The molecular weight excluding hydrogens is 264 g/mol. The lowest BCUT2D eigenvalue weighted by atomic mass is 9.84. The van der Waals surface area contributed by atoms with Crippen LogP contribution in [0, 0.1) is 0 Å². The van der Waals surface area contributed by atoms with Crippen molar-refractivity contribution in [2.45, 2.75) is 32.1 Å². The average Bonchev–Trinajstić information content (AvgIpc) is 2.50. The number of benzene rings is 2. The average molecular weight is 282 g/mol. The normalized spacial score (nSPS) is 15.8. The van der Waals surface area contributed by atoms with E-state index in [1.807, 2.05) is 42.5 Å². The van der Waals surface area contributed by atoms with Crippen molar-refractivity contribution in [2.24, 2.45) is 0 Å². The van der Waals surface area contributed by atoms with Gasteiger partial charge < -0.3 is 9.84 Å². The fourth-order valence-electron chi connectivity index (χ4n) is 2.93. The summed E-state index contributed by atoms with van der Waals surface area (Å²) in [6, 6.07) is 13.2. The SMILES string of the molecule is CCCCc1cccc2c1C(C(=O)O)c1ccccc1O2. The summed E-state index contributed by atoms with van der Waals surface area (Å²) in [5.74, 6) is -0.145. The molecular formula is C18H18O3. The molecule has 3 heteroatoms. The van der Waals surface area contributed by atoms with Gasteiger partial charge in [0, 0.05) is 11.1 Å². The van der Waals surface area contributed by atoms with E-state index < -0.39 is 11.9 Å². The topological polar surface area (TPSA) is 46.5 Å². The summed E-state index contributed by atoms with van der Waals surface area (Å²) in [5.41, 5.74) is 2.63. The number of unbranched alkanes of at least 4 members (excludes halogenated alkanes) is 1. The number of rotatable bonds is 4. The third-order valence-electron chi connectivity index (χ3n) is 3.94. The standard InChI is InChI=1S/C18H18O3/c1-2-3-7-12-8-6-11-15-16(12)17(18(19)20)13-9-4-5-10-14(13)21-15/h4-6,8-11,17H,2-3,7H2,1H3,(H,19,20). The van der Waals surface area contributed by atoms with Crippen molar-refractivity contribution in [1.82, 2.24) is 0 Å². The Morgan fingerprint density at radius 2 is 1.90 bits per heavy atom. The highest BCUT2D eigenvalue weighted by molar-refractivity contribution is 5.84. The van der Waals surface area contributed by atoms with Crippen molar-refractivity contribution in [2.75, 3.05) is 0 Å². The van der Waals surface area contributed by atoms with Gasteiger partial charge in [0.15, 0.2) is 0 Å². The quantitative estimate of drug-likeness (QED) is 0.906. The van der Waals surface area contributed by atoms with Crippen LogP contribution in [0.4, 0.5) is 0 Å². The van der Waals surface area contributed by atoms with E-state index in [1.165, 1.54) is 0 Å². The highest BCUT2D eigenvalue weighted by atomic mass is 16.5. The molecule has 0 bridgehead atoms. The number of carboxylic acid groups (broad SMARTS) is 1. The maximum absolute atomic E-state index is 11.9. The third-order valence-corrected chi connectivity index (χ3v) is 3.94. The molecule has 0 aromatic heterocycles. The first-order valence-electron chi connectivity index (χ1n) is 7.33. The Bertz CT molecular complexity index is 676. The third kappa shape index (κ3) is 2.40. The zero-order valence-electron chi connectivity index (χ0n) is 12.0. The smallest absolute Gasteiger partial charge is 0.315 e. The summed E-state index contributed by atoms with van der Waals surface area (Å²) in [7, 11) is 0. The van der Waals surface area contributed by atoms with Crippen LogP contribution in [0.1, 0.15) is 42.4 Å². The summed E-state index contributed by atoms with van der Waals surface area (Å²) in [6.45, 7) is 2.13. The van der Waals surface area contributed by atoms with E-state index in [9.17, 15) is 9.90 Å². The van der Waals surface area contributed by atoms with Crippen LogP contribution < -0.4 is 4.74 Å². The summed E-state index contributed by atoms with van der Waals surface area (Å²) in [5, 5.41) is 9.73. The van der Waals surface area contributed by atoms with Gasteiger partial charge in [0.05, 0.1) is 0 Å². The van der Waals surface area contributed by atoms with E-state index in [-0.39, 0.29) is 0 Å². The number of hydrogen-bond donors (Lipinski definition) is 1. The van der Waals surface area contributed by atoms with Crippen molar-refractivity contribution in [1.29, 1.82) is 0 Å². The number of carbonyl (C=O) groups is 1. The van der Waals surface area contributed by atoms with E-state index in [2.05, 4.69) is 6.92 Å². The molecule has 3 rings (SSSR count). The molecule has 1 aliphatic rings. The molecule has 0 saturated heterocycles. The monoisotopic (exact) mass is 282 g/mol. The van der Waals surface area contributed by atoms with Gasteiger partial charge in [0.25, 0.3) is 0 Å². The van der Waals surface area contributed by atoms with Crippen molar-refractivity contribution in [3.05, 3.63) is 59.2 Å². The molecule has 1 N–H and O–H groups in total. The molecule has 0 radical (unpaired) electrons. The van der Waals surface area contributed by atoms with Gasteiger partial charge >= 0.3 is 5.97 Å². The molecule has 108 valence electrons. The predicted molar refractivity (Wildman–Crippen MR) is 81.0 cm³/mol. The first-order chi connectivity index (χ1) is 10.2. The Morgan fingerprint density at radius 3 is 2.67 bits per heavy atom. The molecule has 0 spiro atoms. The van der Waals surface area contributed by atoms with Crippen molar-refractivity contribution < 1.29 is 14.6 Å². The van der Waals surface area contributed by atoms with Crippen LogP contribution in [0.3, 0.4) is 0 Å². The second-order valence-corrected chi connectivity index (χ2v) is 5.34. The Labute approximate surface area is 124 Å². The first-order valence-corrected chi connectivity index (χ1v) is 7.33. The number of fused-ring (bicyclic) bond motifs is 2. The van der Waals surface area contributed by atoms with Gasteiger partial charge in [-0.3, -0.25) is 4.79 Å². The molecule has 2 aromatic carbocycles. The van der Waals surface area contributed by atoms with Gasteiger partial charge in [0.2, 0.25) is 0 Å². The Hall–Kier alpha value is -2.29. The first kappa shape index (κ1) is 13.7. The van der Waals surface area contributed by atoms with Crippen LogP contribution in [0.15, 0.2) is 42.5 Å². The zero-order chi connectivity index (χ0) is 14.8. The van der Waals surface area contributed by atoms with Crippen LogP contribution in [0.5, 0.6) is 11.5 Å². The van der Waals surface area contributed by atoms with Gasteiger partial charge in [0.1, 0.15) is 17.4 Å². The summed E-state index contributed by atoms with van der Waals surface area (Å²) >= 11 is 0. The number of aliphatic carboxylic acids is 1. The van der Waals surface area contributed by atoms with Gasteiger partial charge in [-0.05, 0) is 30.5 Å². The van der Waals surface area contributed by atoms with Crippen LogP contribution in [-0.2, 0) is 11.2 Å². The highest BCUT2D eigenvalue weighted by Crippen LogP contribution is 2.45. The minimum Gasteiger partial charge on any atom is -0.481 e. The molecule has 21 heavy (non-hydrogen) atoms. The van der Waals surface area contributed by atoms with Gasteiger partial charge in [-0.25, -0.2) is 0 Å². The number of carboxylic acids is 1. The minimum absolute atomic E-state index is 0.641. The van der Waals surface area contributed by atoms with E-state index in [0.29, 0.717) is 11.5 Å². The number of hydrogen-bond acceptors (Lipinski definition) is 2. The Kier molecular flexibility index (Phi) is 3.65.